The highest BCUT2D eigenvalue weighted by molar-refractivity contribution is 5.93. The van der Waals surface area contributed by atoms with Gasteiger partial charge in [-0.05, 0) is 50.2 Å². The van der Waals surface area contributed by atoms with E-state index in [0.29, 0.717) is 13.2 Å². The van der Waals surface area contributed by atoms with E-state index in [2.05, 4.69) is 10.6 Å². The molecule has 2 aromatic carbocycles. The lowest BCUT2D eigenvalue weighted by Gasteiger charge is -2.10. The first-order valence-corrected chi connectivity index (χ1v) is 7.70. The predicted octanol–water partition coefficient (Wildman–Crippen LogP) is 3.53. The fourth-order valence-corrected chi connectivity index (χ4v) is 2.05. The van der Waals surface area contributed by atoms with Crippen molar-refractivity contribution < 1.29 is 14.3 Å². The topological polar surface area (TPSA) is 59.6 Å². The third kappa shape index (κ3) is 5.54. The number of nitrogens with one attached hydrogen (secondary N) is 2. The molecule has 2 rings (SSSR count). The molecule has 0 bridgehead atoms. The van der Waals surface area contributed by atoms with Gasteiger partial charge in [0.25, 0.3) is 0 Å². The smallest absolute Gasteiger partial charge is 0.243 e. The summed E-state index contributed by atoms with van der Waals surface area (Å²) < 4.78 is 10.8. The van der Waals surface area contributed by atoms with Gasteiger partial charge >= 0.3 is 0 Å². The summed E-state index contributed by atoms with van der Waals surface area (Å²) in [6, 6.07) is 14.8. The molecule has 0 atom stereocenters. The van der Waals surface area contributed by atoms with Crippen LogP contribution in [0.15, 0.2) is 48.5 Å². The minimum atomic E-state index is -0.115. The van der Waals surface area contributed by atoms with Gasteiger partial charge in [0, 0.05) is 17.4 Å². The van der Waals surface area contributed by atoms with Gasteiger partial charge in [0.05, 0.1) is 19.8 Å². The average Bonchev–Trinajstić information content (AvgIpc) is 2.56. The normalized spacial score (nSPS) is 10.0. The van der Waals surface area contributed by atoms with Crippen LogP contribution in [0.3, 0.4) is 0 Å². The van der Waals surface area contributed by atoms with Crippen LogP contribution in [0.2, 0.25) is 0 Å². The fourth-order valence-electron chi connectivity index (χ4n) is 2.05. The van der Waals surface area contributed by atoms with Crippen LogP contribution in [0.5, 0.6) is 11.5 Å². The Balaban J connectivity index is 1.83. The molecule has 0 aliphatic carbocycles. The summed E-state index contributed by atoms with van der Waals surface area (Å²) in [6.07, 6.45) is 0. The third-order valence-electron chi connectivity index (χ3n) is 3.05. The highest BCUT2D eigenvalue weighted by Crippen LogP contribution is 2.18. The van der Waals surface area contributed by atoms with Crippen molar-refractivity contribution in [2.75, 3.05) is 30.4 Å². The molecule has 0 saturated carbocycles. The van der Waals surface area contributed by atoms with E-state index < -0.39 is 0 Å². The quantitative estimate of drug-likeness (QED) is 0.782. The minimum absolute atomic E-state index is 0.115. The lowest BCUT2D eigenvalue weighted by atomic mass is 10.3. The Morgan fingerprint density at radius 2 is 1.61 bits per heavy atom. The summed E-state index contributed by atoms with van der Waals surface area (Å²) >= 11 is 0. The molecular weight excluding hydrogens is 292 g/mol. The molecule has 0 unspecified atom stereocenters. The lowest BCUT2D eigenvalue weighted by molar-refractivity contribution is -0.114. The van der Waals surface area contributed by atoms with Crippen molar-refractivity contribution in [2.24, 2.45) is 0 Å². The summed E-state index contributed by atoms with van der Waals surface area (Å²) in [4.78, 5) is 12.0. The van der Waals surface area contributed by atoms with Crippen LogP contribution in [0.4, 0.5) is 11.4 Å². The van der Waals surface area contributed by atoms with Gasteiger partial charge in [0.1, 0.15) is 11.5 Å². The Bertz CT molecular complexity index is 626. The third-order valence-corrected chi connectivity index (χ3v) is 3.05. The van der Waals surface area contributed by atoms with Crippen LogP contribution in [-0.2, 0) is 4.79 Å². The van der Waals surface area contributed by atoms with Gasteiger partial charge in [-0.25, -0.2) is 0 Å². The minimum Gasteiger partial charge on any atom is -0.494 e. The summed E-state index contributed by atoms with van der Waals surface area (Å²) in [6.45, 7) is 5.28. The molecule has 1 amide bonds. The molecule has 0 saturated heterocycles. The van der Waals surface area contributed by atoms with Gasteiger partial charge in [0.15, 0.2) is 0 Å². The fraction of sp³-hybridized carbons (Fsp3) is 0.278. The largest absolute Gasteiger partial charge is 0.494 e. The van der Waals surface area contributed by atoms with E-state index in [1.54, 1.807) is 0 Å². The summed E-state index contributed by atoms with van der Waals surface area (Å²) in [7, 11) is 0. The van der Waals surface area contributed by atoms with Crippen molar-refractivity contribution in [3.63, 3.8) is 0 Å². The number of rotatable bonds is 8. The van der Waals surface area contributed by atoms with Crippen molar-refractivity contribution in [1.29, 1.82) is 0 Å². The number of anilines is 2. The highest BCUT2D eigenvalue weighted by atomic mass is 16.5. The van der Waals surface area contributed by atoms with Crippen LogP contribution >= 0.6 is 0 Å². The Kier molecular flexibility index (Phi) is 6.29. The number of ether oxygens (including phenoxy) is 2. The maximum absolute atomic E-state index is 12.0. The van der Waals surface area contributed by atoms with E-state index in [4.69, 9.17) is 9.47 Å². The molecule has 0 spiro atoms. The molecule has 0 aliphatic heterocycles. The molecule has 122 valence electrons. The molecule has 5 nitrogen and oxygen atoms in total. The van der Waals surface area contributed by atoms with Gasteiger partial charge in [-0.1, -0.05) is 6.07 Å². The number of benzene rings is 2. The molecule has 2 aromatic rings. The maximum Gasteiger partial charge on any atom is 0.243 e. The molecule has 0 aliphatic rings. The Morgan fingerprint density at radius 1 is 0.913 bits per heavy atom. The summed E-state index contributed by atoms with van der Waals surface area (Å²) in [5.74, 6) is 1.46. The standard InChI is InChI=1S/C18H22N2O3/c1-3-22-16-10-8-14(9-11-16)20-18(21)13-19-15-6-5-7-17(12-15)23-4-2/h5-12,19H,3-4,13H2,1-2H3,(H,20,21). The number of carbonyl (C=O) groups is 1. The van der Waals surface area contributed by atoms with E-state index in [-0.39, 0.29) is 12.5 Å². The lowest BCUT2D eigenvalue weighted by Crippen LogP contribution is -2.21. The average molecular weight is 314 g/mol. The Morgan fingerprint density at radius 3 is 2.30 bits per heavy atom. The van der Waals surface area contributed by atoms with Crippen LogP contribution < -0.4 is 20.1 Å². The van der Waals surface area contributed by atoms with Crippen molar-refractivity contribution in [3.8, 4) is 11.5 Å². The second kappa shape index (κ2) is 8.68. The monoisotopic (exact) mass is 314 g/mol. The number of amides is 1. The van der Waals surface area contributed by atoms with E-state index in [1.165, 1.54) is 0 Å². The van der Waals surface area contributed by atoms with Crippen LogP contribution in [0, 0.1) is 0 Å². The van der Waals surface area contributed by atoms with E-state index in [1.807, 2.05) is 62.4 Å². The highest BCUT2D eigenvalue weighted by Gasteiger charge is 2.03. The summed E-state index contributed by atoms with van der Waals surface area (Å²) in [5.41, 5.74) is 1.58. The molecule has 5 heteroatoms. The molecule has 0 radical (unpaired) electrons. The van der Waals surface area contributed by atoms with Gasteiger partial charge < -0.3 is 20.1 Å². The first-order valence-electron chi connectivity index (χ1n) is 7.70. The number of hydrogen-bond acceptors (Lipinski definition) is 4. The van der Waals surface area contributed by atoms with Crippen molar-refractivity contribution in [1.82, 2.24) is 0 Å². The zero-order chi connectivity index (χ0) is 16.5. The van der Waals surface area contributed by atoms with E-state index >= 15 is 0 Å². The number of hydrogen-bond donors (Lipinski definition) is 2. The van der Waals surface area contributed by atoms with Gasteiger partial charge in [-0.3, -0.25) is 4.79 Å². The predicted molar refractivity (Wildman–Crippen MR) is 92.3 cm³/mol. The van der Waals surface area contributed by atoms with E-state index in [9.17, 15) is 4.79 Å². The summed E-state index contributed by atoms with van der Waals surface area (Å²) in [5, 5.41) is 5.91. The van der Waals surface area contributed by atoms with Crippen LogP contribution in [-0.4, -0.2) is 25.7 Å². The molecule has 23 heavy (non-hydrogen) atoms. The van der Waals surface area contributed by atoms with Gasteiger partial charge in [-0.2, -0.15) is 0 Å². The molecular formula is C18H22N2O3. The van der Waals surface area contributed by atoms with Crippen molar-refractivity contribution in [2.45, 2.75) is 13.8 Å². The molecule has 0 fully saturated rings. The Labute approximate surface area is 136 Å². The second-order valence-corrected chi connectivity index (χ2v) is 4.82. The first-order chi connectivity index (χ1) is 11.2. The van der Waals surface area contributed by atoms with Crippen LogP contribution in [0.25, 0.3) is 0 Å². The molecule has 0 aromatic heterocycles. The van der Waals surface area contributed by atoms with Gasteiger partial charge in [-0.15, -0.1) is 0 Å². The van der Waals surface area contributed by atoms with Gasteiger partial charge in [0.2, 0.25) is 5.91 Å². The second-order valence-electron chi connectivity index (χ2n) is 4.82. The SMILES string of the molecule is CCOc1ccc(NC(=O)CNc2cccc(OCC)c2)cc1. The zero-order valence-corrected chi connectivity index (χ0v) is 13.5. The molecule has 2 N–H and O–H groups in total. The first kappa shape index (κ1) is 16.7. The van der Waals surface area contributed by atoms with E-state index in [0.717, 1.165) is 22.9 Å². The van der Waals surface area contributed by atoms with Crippen molar-refractivity contribution in [3.05, 3.63) is 48.5 Å². The van der Waals surface area contributed by atoms with Crippen LogP contribution in [0.1, 0.15) is 13.8 Å². The Hall–Kier alpha value is -2.69. The molecule has 0 heterocycles. The maximum atomic E-state index is 12.0. The van der Waals surface area contributed by atoms with Crippen molar-refractivity contribution >= 4 is 17.3 Å². The zero-order valence-electron chi connectivity index (χ0n) is 13.5. The number of carbonyl (C=O) groups excluding carboxylic acids is 1.